The maximum absolute atomic E-state index is 12.8. The summed E-state index contributed by atoms with van der Waals surface area (Å²) in [5.41, 5.74) is 1.93. The van der Waals surface area contributed by atoms with Crippen molar-refractivity contribution in [3.05, 3.63) is 62.7 Å². The predicted octanol–water partition coefficient (Wildman–Crippen LogP) is 2.66. The highest BCUT2D eigenvalue weighted by atomic mass is 32.2. The van der Waals surface area contributed by atoms with E-state index in [4.69, 9.17) is 0 Å². The van der Waals surface area contributed by atoms with Crippen LogP contribution in [0.5, 0.6) is 0 Å². The van der Waals surface area contributed by atoms with E-state index in [2.05, 4.69) is 16.9 Å². The molecule has 0 bridgehead atoms. The second kappa shape index (κ2) is 7.86. The minimum atomic E-state index is -0.362. The second-order valence-corrected chi connectivity index (χ2v) is 7.26. The molecule has 26 heavy (non-hydrogen) atoms. The van der Waals surface area contributed by atoms with E-state index >= 15 is 0 Å². The van der Waals surface area contributed by atoms with E-state index < -0.39 is 0 Å². The Bertz CT molecular complexity index is 1040. The van der Waals surface area contributed by atoms with Crippen LogP contribution in [-0.2, 0) is 26.3 Å². The molecule has 3 heterocycles. The normalized spacial score (nSPS) is 11.2. The van der Waals surface area contributed by atoms with Gasteiger partial charge >= 0.3 is 5.69 Å². The maximum Gasteiger partial charge on any atom is 0.332 e. The van der Waals surface area contributed by atoms with Crippen LogP contribution in [0.2, 0.25) is 0 Å². The number of thioether (sulfide) groups is 1. The highest BCUT2D eigenvalue weighted by Crippen LogP contribution is 2.31. The first-order valence-corrected chi connectivity index (χ1v) is 9.62. The lowest BCUT2D eigenvalue weighted by molar-refractivity contribution is 0.703. The van der Waals surface area contributed by atoms with E-state index in [1.54, 1.807) is 25.0 Å². The van der Waals surface area contributed by atoms with Gasteiger partial charge < -0.3 is 0 Å². The van der Waals surface area contributed by atoms with Crippen molar-refractivity contribution in [2.45, 2.75) is 36.8 Å². The SMILES string of the molecule is CCCCc1cnc2c(c1SCc1cccnc1)c(=O)n(C)c(=O)n2C. The summed E-state index contributed by atoms with van der Waals surface area (Å²) in [7, 11) is 3.16. The Morgan fingerprint density at radius 3 is 2.65 bits per heavy atom. The Labute approximate surface area is 155 Å². The molecule has 0 saturated heterocycles. The van der Waals surface area contributed by atoms with Crippen LogP contribution >= 0.6 is 11.8 Å². The molecule has 136 valence electrons. The Kier molecular flexibility index (Phi) is 5.56. The van der Waals surface area contributed by atoms with Crippen molar-refractivity contribution in [2.24, 2.45) is 14.1 Å². The van der Waals surface area contributed by atoms with Gasteiger partial charge in [-0.05, 0) is 30.0 Å². The van der Waals surface area contributed by atoms with Crippen LogP contribution in [0.25, 0.3) is 11.0 Å². The molecule has 0 spiro atoms. The molecule has 0 amide bonds. The van der Waals surface area contributed by atoms with Crippen LogP contribution < -0.4 is 11.2 Å². The predicted molar refractivity (Wildman–Crippen MR) is 105 cm³/mol. The van der Waals surface area contributed by atoms with Crippen molar-refractivity contribution in [3.8, 4) is 0 Å². The summed E-state index contributed by atoms with van der Waals surface area (Å²) >= 11 is 1.61. The lowest BCUT2D eigenvalue weighted by Gasteiger charge is -2.14. The van der Waals surface area contributed by atoms with Crippen LogP contribution in [0, 0.1) is 0 Å². The smallest absolute Gasteiger partial charge is 0.280 e. The Hall–Kier alpha value is -2.41. The number of hydrogen-bond donors (Lipinski definition) is 0. The molecule has 6 nitrogen and oxygen atoms in total. The van der Waals surface area contributed by atoms with E-state index in [0.29, 0.717) is 16.8 Å². The van der Waals surface area contributed by atoms with E-state index in [9.17, 15) is 9.59 Å². The van der Waals surface area contributed by atoms with Crippen LogP contribution in [0.3, 0.4) is 0 Å². The Morgan fingerprint density at radius 2 is 1.96 bits per heavy atom. The minimum absolute atomic E-state index is 0.289. The number of unbranched alkanes of at least 4 members (excludes halogenated alkanes) is 1. The number of hydrogen-bond acceptors (Lipinski definition) is 5. The van der Waals surface area contributed by atoms with Gasteiger partial charge in [0.2, 0.25) is 0 Å². The van der Waals surface area contributed by atoms with Crippen LogP contribution in [0.1, 0.15) is 30.9 Å². The summed E-state index contributed by atoms with van der Waals surface area (Å²) in [4.78, 5) is 34.6. The summed E-state index contributed by atoms with van der Waals surface area (Å²) < 4.78 is 2.59. The summed E-state index contributed by atoms with van der Waals surface area (Å²) in [6, 6.07) is 3.92. The van der Waals surface area contributed by atoms with Gasteiger partial charge in [0.15, 0.2) is 0 Å². The van der Waals surface area contributed by atoms with Gasteiger partial charge in [-0.2, -0.15) is 0 Å². The van der Waals surface area contributed by atoms with Crippen molar-refractivity contribution in [3.63, 3.8) is 0 Å². The first-order chi connectivity index (χ1) is 12.5. The molecular weight excluding hydrogens is 348 g/mol. The van der Waals surface area contributed by atoms with Crippen LogP contribution in [0.4, 0.5) is 0 Å². The molecule has 0 aromatic carbocycles. The molecule has 0 saturated carbocycles. The molecule has 0 radical (unpaired) electrons. The third-order valence-corrected chi connectivity index (χ3v) is 5.63. The van der Waals surface area contributed by atoms with Gasteiger partial charge in [0.25, 0.3) is 5.56 Å². The number of rotatable bonds is 6. The van der Waals surface area contributed by atoms with E-state index in [0.717, 1.165) is 39.9 Å². The van der Waals surface area contributed by atoms with Crippen molar-refractivity contribution < 1.29 is 0 Å². The van der Waals surface area contributed by atoms with E-state index in [1.165, 1.54) is 11.6 Å². The monoisotopic (exact) mass is 370 g/mol. The van der Waals surface area contributed by atoms with E-state index in [1.807, 2.05) is 24.5 Å². The first-order valence-electron chi connectivity index (χ1n) is 8.64. The zero-order valence-corrected chi connectivity index (χ0v) is 16.0. The van der Waals surface area contributed by atoms with E-state index in [-0.39, 0.29) is 11.2 Å². The largest absolute Gasteiger partial charge is 0.332 e. The lowest BCUT2D eigenvalue weighted by Crippen LogP contribution is -2.37. The molecule has 3 rings (SSSR count). The first kappa shape index (κ1) is 18.4. The molecule has 3 aromatic rings. The average molecular weight is 370 g/mol. The number of aryl methyl sites for hydroxylation is 2. The molecule has 0 fully saturated rings. The molecule has 0 N–H and O–H groups in total. The number of fused-ring (bicyclic) bond motifs is 1. The highest BCUT2D eigenvalue weighted by molar-refractivity contribution is 7.98. The second-order valence-electron chi connectivity index (χ2n) is 6.27. The zero-order chi connectivity index (χ0) is 18.7. The molecule has 0 unspecified atom stereocenters. The van der Waals surface area contributed by atoms with Gasteiger partial charge in [-0.3, -0.25) is 18.9 Å². The zero-order valence-electron chi connectivity index (χ0n) is 15.2. The van der Waals surface area contributed by atoms with Gasteiger partial charge in [0.05, 0.1) is 5.39 Å². The number of aromatic nitrogens is 4. The third-order valence-electron chi connectivity index (χ3n) is 4.40. The fraction of sp³-hybridized carbons (Fsp3) is 0.368. The summed E-state index contributed by atoms with van der Waals surface area (Å²) in [6.45, 7) is 2.14. The molecule has 0 atom stereocenters. The van der Waals surface area contributed by atoms with Gasteiger partial charge in [0.1, 0.15) is 5.65 Å². The van der Waals surface area contributed by atoms with Crippen molar-refractivity contribution in [1.82, 2.24) is 19.1 Å². The van der Waals surface area contributed by atoms with Gasteiger partial charge in [-0.1, -0.05) is 19.4 Å². The minimum Gasteiger partial charge on any atom is -0.280 e. The van der Waals surface area contributed by atoms with Crippen molar-refractivity contribution >= 4 is 22.8 Å². The number of nitrogens with zero attached hydrogens (tertiary/aromatic N) is 4. The number of pyridine rings is 2. The maximum atomic E-state index is 12.8. The lowest BCUT2D eigenvalue weighted by atomic mass is 10.1. The third kappa shape index (κ3) is 3.44. The fourth-order valence-corrected chi connectivity index (χ4v) is 4.04. The molecule has 7 heteroatoms. The molecule has 0 aliphatic carbocycles. The standard InChI is InChI=1S/C19H22N4O2S/c1-4-5-8-14-11-21-17-15(18(24)23(3)19(25)22(17)2)16(14)26-12-13-7-6-9-20-10-13/h6-7,9-11H,4-5,8,12H2,1-3H3. The van der Waals surface area contributed by atoms with Crippen LogP contribution in [-0.4, -0.2) is 19.1 Å². The summed E-state index contributed by atoms with van der Waals surface area (Å²) in [5.74, 6) is 0.706. The molecule has 0 aliphatic rings. The summed E-state index contributed by atoms with van der Waals surface area (Å²) in [5, 5.41) is 0.525. The quantitative estimate of drug-likeness (QED) is 0.624. The Balaban J connectivity index is 2.18. The van der Waals surface area contributed by atoms with Gasteiger partial charge in [0, 0.05) is 43.3 Å². The summed E-state index contributed by atoms with van der Waals surface area (Å²) in [6.07, 6.45) is 8.34. The Morgan fingerprint density at radius 1 is 1.15 bits per heavy atom. The molecule has 3 aromatic heterocycles. The highest BCUT2D eigenvalue weighted by Gasteiger charge is 2.17. The molecule has 0 aliphatic heterocycles. The average Bonchev–Trinajstić information content (AvgIpc) is 2.68. The fourth-order valence-electron chi connectivity index (χ4n) is 2.89. The topological polar surface area (TPSA) is 69.8 Å². The molecular formula is C19H22N4O2S. The van der Waals surface area contributed by atoms with Gasteiger partial charge in [-0.15, -0.1) is 11.8 Å². The van der Waals surface area contributed by atoms with Crippen molar-refractivity contribution in [2.75, 3.05) is 0 Å². The van der Waals surface area contributed by atoms with Crippen LogP contribution in [0.15, 0.2) is 45.2 Å². The van der Waals surface area contributed by atoms with Crippen molar-refractivity contribution in [1.29, 1.82) is 0 Å². The van der Waals surface area contributed by atoms with Gasteiger partial charge in [-0.25, -0.2) is 9.78 Å².